The zero-order valence-electron chi connectivity index (χ0n) is 12.5. The lowest BCUT2D eigenvalue weighted by atomic mass is 10.1. The summed E-state index contributed by atoms with van der Waals surface area (Å²) in [6.07, 6.45) is 1.48. The molecule has 0 bridgehead atoms. The van der Waals surface area contributed by atoms with Crippen LogP contribution in [0.2, 0.25) is 10.0 Å². The van der Waals surface area contributed by atoms with Gasteiger partial charge >= 0.3 is 0 Å². The van der Waals surface area contributed by atoms with Gasteiger partial charge in [-0.3, -0.25) is 19.4 Å². The maximum Gasteiger partial charge on any atom is 0.276 e. The standard InChI is InChI=1S/C15H17Cl2N3O2/c1-15(2,3)18-13(21)11-8-20(19-14(11)22)7-9-4-5-10(16)6-12(9)17/h4-6,8H,7H2,1-3H3,(H,18,21)(H,19,22). The predicted molar refractivity (Wildman–Crippen MR) is 87.8 cm³/mol. The van der Waals surface area contributed by atoms with Gasteiger partial charge in [0, 0.05) is 21.8 Å². The Morgan fingerprint density at radius 3 is 2.59 bits per heavy atom. The third-order valence-corrected chi connectivity index (χ3v) is 3.45. The highest BCUT2D eigenvalue weighted by Crippen LogP contribution is 2.21. The van der Waals surface area contributed by atoms with Crippen molar-refractivity contribution in [2.24, 2.45) is 0 Å². The molecule has 0 saturated carbocycles. The van der Waals surface area contributed by atoms with Gasteiger partial charge in [-0.1, -0.05) is 29.3 Å². The van der Waals surface area contributed by atoms with Crippen LogP contribution in [0.5, 0.6) is 0 Å². The molecule has 1 aromatic heterocycles. The zero-order chi connectivity index (χ0) is 16.5. The average Bonchev–Trinajstić information content (AvgIpc) is 2.72. The third kappa shape index (κ3) is 4.15. The first-order chi connectivity index (χ1) is 10.2. The lowest BCUT2D eigenvalue weighted by molar-refractivity contribution is 0.0918. The zero-order valence-corrected chi connectivity index (χ0v) is 14.0. The first-order valence-corrected chi connectivity index (χ1v) is 7.47. The van der Waals surface area contributed by atoms with Crippen LogP contribution in [-0.2, 0) is 6.54 Å². The predicted octanol–water partition coefficient (Wildman–Crippen LogP) is 3.06. The average molecular weight is 342 g/mol. The van der Waals surface area contributed by atoms with E-state index in [2.05, 4.69) is 10.4 Å². The summed E-state index contributed by atoms with van der Waals surface area (Å²) in [5.41, 5.74) is 0.0115. The molecule has 0 aliphatic rings. The molecular formula is C15H17Cl2N3O2. The molecule has 118 valence electrons. The van der Waals surface area contributed by atoms with Gasteiger partial charge in [-0.2, -0.15) is 0 Å². The number of aromatic amines is 1. The highest BCUT2D eigenvalue weighted by molar-refractivity contribution is 6.35. The van der Waals surface area contributed by atoms with Crippen LogP contribution in [0.1, 0.15) is 36.7 Å². The summed E-state index contributed by atoms with van der Waals surface area (Å²) in [6.45, 7) is 5.89. The topological polar surface area (TPSA) is 66.9 Å². The van der Waals surface area contributed by atoms with E-state index in [9.17, 15) is 9.59 Å². The Kier molecular flexibility index (Phi) is 4.68. The van der Waals surface area contributed by atoms with Gasteiger partial charge < -0.3 is 5.32 Å². The van der Waals surface area contributed by atoms with Crippen molar-refractivity contribution in [1.82, 2.24) is 15.1 Å². The number of carbonyl (C=O) groups is 1. The van der Waals surface area contributed by atoms with Crippen LogP contribution in [-0.4, -0.2) is 21.2 Å². The third-order valence-electron chi connectivity index (χ3n) is 2.86. The summed E-state index contributed by atoms with van der Waals surface area (Å²) in [6, 6.07) is 5.13. The van der Waals surface area contributed by atoms with E-state index in [1.165, 1.54) is 10.9 Å². The summed E-state index contributed by atoms with van der Waals surface area (Å²) in [4.78, 5) is 24.0. The summed E-state index contributed by atoms with van der Waals surface area (Å²) >= 11 is 12.0. The highest BCUT2D eigenvalue weighted by Gasteiger charge is 2.19. The molecule has 0 unspecified atom stereocenters. The molecule has 2 rings (SSSR count). The van der Waals surface area contributed by atoms with Gasteiger partial charge in [0.05, 0.1) is 6.54 Å². The lowest BCUT2D eigenvalue weighted by Gasteiger charge is -2.19. The largest absolute Gasteiger partial charge is 0.347 e. The van der Waals surface area contributed by atoms with Crippen LogP contribution in [0, 0.1) is 0 Å². The second-order valence-electron chi connectivity index (χ2n) is 6.05. The van der Waals surface area contributed by atoms with Gasteiger partial charge in [0.1, 0.15) is 5.56 Å². The molecule has 0 aliphatic heterocycles. The molecule has 0 atom stereocenters. The number of carbonyl (C=O) groups excluding carboxylic acids is 1. The van der Waals surface area contributed by atoms with Gasteiger partial charge in [0.2, 0.25) is 0 Å². The number of hydrogen-bond acceptors (Lipinski definition) is 2. The number of nitrogens with zero attached hydrogens (tertiary/aromatic N) is 1. The fourth-order valence-electron chi connectivity index (χ4n) is 1.93. The summed E-state index contributed by atoms with van der Waals surface area (Å²) in [5, 5.41) is 6.41. The molecule has 2 aromatic rings. The van der Waals surface area contributed by atoms with Crippen LogP contribution in [0.15, 0.2) is 29.2 Å². The normalized spacial score (nSPS) is 11.5. The van der Waals surface area contributed by atoms with E-state index >= 15 is 0 Å². The molecule has 5 nitrogen and oxygen atoms in total. The number of hydrogen-bond donors (Lipinski definition) is 2. The monoisotopic (exact) mass is 341 g/mol. The smallest absolute Gasteiger partial charge is 0.276 e. The molecule has 0 saturated heterocycles. The number of amides is 1. The molecule has 7 heteroatoms. The maximum atomic E-state index is 12.1. The van der Waals surface area contributed by atoms with E-state index in [-0.39, 0.29) is 5.56 Å². The Bertz CT molecular complexity index is 757. The van der Waals surface area contributed by atoms with Crippen molar-refractivity contribution >= 4 is 29.1 Å². The second-order valence-corrected chi connectivity index (χ2v) is 6.90. The molecule has 0 fully saturated rings. The van der Waals surface area contributed by atoms with E-state index in [4.69, 9.17) is 23.2 Å². The number of H-pyrrole nitrogens is 1. The molecule has 1 heterocycles. The Morgan fingerprint density at radius 2 is 2.00 bits per heavy atom. The van der Waals surface area contributed by atoms with Crippen molar-refractivity contribution in [3.05, 3.63) is 55.9 Å². The van der Waals surface area contributed by atoms with Gasteiger partial charge in [-0.25, -0.2) is 0 Å². The van der Waals surface area contributed by atoms with Crippen LogP contribution in [0.3, 0.4) is 0 Å². The molecule has 2 N–H and O–H groups in total. The van der Waals surface area contributed by atoms with Crippen molar-refractivity contribution in [3.63, 3.8) is 0 Å². The molecular weight excluding hydrogens is 325 g/mol. The Balaban J connectivity index is 2.23. The highest BCUT2D eigenvalue weighted by atomic mass is 35.5. The molecule has 0 spiro atoms. The van der Waals surface area contributed by atoms with Crippen LogP contribution >= 0.6 is 23.2 Å². The van der Waals surface area contributed by atoms with Gasteiger partial charge in [-0.05, 0) is 38.5 Å². The van der Waals surface area contributed by atoms with Crippen molar-refractivity contribution in [1.29, 1.82) is 0 Å². The van der Waals surface area contributed by atoms with Crippen molar-refractivity contribution in [3.8, 4) is 0 Å². The lowest BCUT2D eigenvalue weighted by Crippen LogP contribution is -2.41. The number of rotatable bonds is 3. The minimum Gasteiger partial charge on any atom is -0.347 e. The first kappa shape index (κ1) is 16.6. The van der Waals surface area contributed by atoms with E-state index in [0.717, 1.165) is 5.56 Å². The number of nitrogens with one attached hydrogen (secondary N) is 2. The van der Waals surface area contributed by atoms with Crippen LogP contribution < -0.4 is 10.9 Å². The minimum absolute atomic E-state index is 0.0695. The molecule has 22 heavy (non-hydrogen) atoms. The van der Waals surface area contributed by atoms with Crippen LogP contribution in [0.4, 0.5) is 0 Å². The van der Waals surface area contributed by atoms with E-state index in [0.29, 0.717) is 16.6 Å². The number of aromatic nitrogens is 2. The molecule has 0 radical (unpaired) electrons. The van der Waals surface area contributed by atoms with E-state index < -0.39 is 17.0 Å². The van der Waals surface area contributed by atoms with Gasteiger partial charge in [-0.15, -0.1) is 0 Å². The summed E-state index contributed by atoms with van der Waals surface area (Å²) in [5.74, 6) is -0.408. The quantitative estimate of drug-likeness (QED) is 0.900. The second kappa shape index (κ2) is 6.18. The van der Waals surface area contributed by atoms with Gasteiger partial charge in [0.15, 0.2) is 0 Å². The fraction of sp³-hybridized carbons (Fsp3) is 0.333. The van der Waals surface area contributed by atoms with Gasteiger partial charge in [0.25, 0.3) is 11.5 Å². The Labute approximate surface area is 138 Å². The van der Waals surface area contributed by atoms with Crippen molar-refractivity contribution in [2.45, 2.75) is 32.9 Å². The maximum absolute atomic E-state index is 12.1. The SMILES string of the molecule is CC(C)(C)NC(=O)c1cn(Cc2ccc(Cl)cc2Cl)[nH]c1=O. The minimum atomic E-state index is -0.438. The Hall–Kier alpha value is -1.72. The van der Waals surface area contributed by atoms with Crippen molar-refractivity contribution in [2.75, 3.05) is 0 Å². The summed E-state index contributed by atoms with van der Waals surface area (Å²) in [7, 11) is 0. The fourth-order valence-corrected chi connectivity index (χ4v) is 2.39. The van der Waals surface area contributed by atoms with E-state index in [1.54, 1.807) is 18.2 Å². The Morgan fingerprint density at radius 1 is 1.32 bits per heavy atom. The number of halogens is 2. The van der Waals surface area contributed by atoms with Crippen molar-refractivity contribution < 1.29 is 4.79 Å². The van der Waals surface area contributed by atoms with E-state index in [1.807, 2.05) is 20.8 Å². The molecule has 1 aromatic carbocycles. The number of benzene rings is 1. The van der Waals surface area contributed by atoms with Crippen LogP contribution in [0.25, 0.3) is 0 Å². The summed E-state index contributed by atoms with van der Waals surface area (Å²) < 4.78 is 1.52. The first-order valence-electron chi connectivity index (χ1n) is 6.71. The molecule has 1 amide bonds. The molecule has 0 aliphatic carbocycles.